The quantitative estimate of drug-likeness (QED) is 0.851. The lowest BCUT2D eigenvalue weighted by molar-refractivity contribution is -0.140. The zero-order valence-electron chi connectivity index (χ0n) is 9.83. The van der Waals surface area contributed by atoms with Crippen LogP contribution in [0.2, 0.25) is 0 Å². The van der Waals surface area contributed by atoms with Crippen molar-refractivity contribution in [2.75, 3.05) is 7.11 Å². The molecule has 0 heterocycles. The molecular formula is C13H16O3. The van der Waals surface area contributed by atoms with Crippen molar-refractivity contribution in [1.82, 2.24) is 0 Å². The summed E-state index contributed by atoms with van der Waals surface area (Å²) < 4.78 is 5.33. The van der Waals surface area contributed by atoms with E-state index in [1.54, 1.807) is 7.11 Å². The molecule has 0 amide bonds. The molecule has 1 saturated carbocycles. The molecule has 0 aliphatic heterocycles. The molecule has 0 bridgehead atoms. The van der Waals surface area contributed by atoms with Crippen LogP contribution in [-0.2, 0) is 10.2 Å². The Kier molecular flexibility index (Phi) is 2.41. The molecule has 0 spiro atoms. The number of hydrogen-bond acceptors (Lipinski definition) is 2. The van der Waals surface area contributed by atoms with Crippen LogP contribution >= 0.6 is 0 Å². The van der Waals surface area contributed by atoms with Crippen molar-refractivity contribution in [2.24, 2.45) is 0 Å². The Bertz CT molecular complexity index is 445. The third kappa shape index (κ3) is 1.39. The highest BCUT2D eigenvalue weighted by molar-refractivity contribution is 5.85. The van der Waals surface area contributed by atoms with Gasteiger partial charge in [-0.2, -0.15) is 0 Å². The van der Waals surface area contributed by atoms with Gasteiger partial charge in [-0.3, -0.25) is 4.79 Å². The molecule has 0 saturated heterocycles. The van der Waals surface area contributed by atoms with Crippen LogP contribution in [0.4, 0.5) is 0 Å². The number of carboxylic acids is 1. The molecule has 0 radical (unpaired) electrons. The first-order chi connectivity index (χ1) is 7.53. The Morgan fingerprint density at radius 2 is 2.00 bits per heavy atom. The van der Waals surface area contributed by atoms with Gasteiger partial charge in [0.25, 0.3) is 0 Å². The summed E-state index contributed by atoms with van der Waals surface area (Å²) in [6.07, 6.45) is 1.46. The topological polar surface area (TPSA) is 46.5 Å². The number of aryl methyl sites for hydroxylation is 1. The number of aliphatic carboxylic acids is 1. The number of carbonyl (C=O) groups is 1. The van der Waals surface area contributed by atoms with E-state index in [4.69, 9.17) is 4.74 Å². The molecule has 0 aromatic heterocycles. The van der Waals surface area contributed by atoms with Crippen LogP contribution in [0.3, 0.4) is 0 Å². The fourth-order valence-electron chi connectivity index (χ4n) is 2.38. The van der Waals surface area contributed by atoms with Crippen molar-refractivity contribution in [3.05, 3.63) is 28.8 Å². The molecule has 0 unspecified atom stereocenters. The van der Waals surface area contributed by atoms with Crippen molar-refractivity contribution in [3.8, 4) is 5.75 Å². The minimum Gasteiger partial charge on any atom is -0.496 e. The van der Waals surface area contributed by atoms with Crippen LogP contribution < -0.4 is 4.74 Å². The summed E-state index contributed by atoms with van der Waals surface area (Å²) >= 11 is 0. The van der Waals surface area contributed by atoms with E-state index >= 15 is 0 Å². The van der Waals surface area contributed by atoms with Gasteiger partial charge >= 0.3 is 5.97 Å². The molecule has 1 aliphatic carbocycles. The number of rotatable bonds is 3. The van der Waals surface area contributed by atoms with Gasteiger partial charge in [0.15, 0.2) is 0 Å². The van der Waals surface area contributed by atoms with E-state index in [1.807, 2.05) is 26.0 Å². The highest BCUT2D eigenvalue weighted by Crippen LogP contribution is 2.51. The first-order valence-corrected chi connectivity index (χ1v) is 5.41. The largest absolute Gasteiger partial charge is 0.496 e. The number of carboxylic acid groups (broad SMARTS) is 1. The van der Waals surface area contributed by atoms with E-state index in [2.05, 4.69) is 0 Å². The zero-order chi connectivity index (χ0) is 11.9. The molecule has 3 heteroatoms. The van der Waals surface area contributed by atoms with Crippen LogP contribution in [0.1, 0.15) is 29.5 Å². The Morgan fingerprint density at radius 3 is 2.44 bits per heavy atom. The number of benzene rings is 1. The normalized spacial score (nSPS) is 16.9. The fourth-order valence-corrected chi connectivity index (χ4v) is 2.38. The lowest BCUT2D eigenvalue weighted by atomic mass is 9.90. The highest BCUT2D eigenvalue weighted by Gasteiger charge is 2.52. The highest BCUT2D eigenvalue weighted by atomic mass is 16.5. The van der Waals surface area contributed by atoms with E-state index in [0.717, 1.165) is 35.3 Å². The smallest absolute Gasteiger partial charge is 0.314 e. The first kappa shape index (κ1) is 11.0. The second kappa shape index (κ2) is 3.51. The minimum absolute atomic E-state index is 0.648. The molecule has 1 fully saturated rings. The Balaban J connectivity index is 2.55. The van der Waals surface area contributed by atoms with Crippen molar-refractivity contribution < 1.29 is 14.6 Å². The third-order valence-electron chi connectivity index (χ3n) is 3.48. The Morgan fingerprint density at radius 1 is 1.38 bits per heavy atom. The monoisotopic (exact) mass is 220 g/mol. The average Bonchev–Trinajstić information content (AvgIpc) is 2.99. The van der Waals surface area contributed by atoms with Crippen molar-refractivity contribution in [2.45, 2.75) is 32.1 Å². The van der Waals surface area contributed by atoms with Gasteiger partial charge in [0.1, 0.15) is 5.75 Å². The second-order valence-corrected chi connectivity index (χ2v) is 4.48. The Labute approximate surface area is 95.0 Å². The van der Waals surface area contributed by atoms with Crippen molar-refractivity contribution in [1.29, 1.82) is 0 Å². The molecule has 86 valence electrons. The summed E-state index contributed by atoms with van der Waals surface area (Å²) in [6.45, 7) is 3.90. The molecule has 1 aliphatic rings. The lowest BCUT2D eigenvalue weighted by Crippen LogP contribution is -2.21. The maximum Gasteiger partial charge on any atom is 0.314 e. The minimum atomic E-state index is -0.721. The number of methoxy groups -OCH3 is 1. The van der Waals surface area contributed by atoms with E-state index in [1.165, 1.54) is 0 Å². The third-order valence-corrected chi connectivity index (χ3v) is 3.48. The van der Waals surface area contributed by atoms with Crippen LogP contribution in [0.25, 0.3) is 0 Å². The van der Waals surface area contributed by atoms with E-state index < -0.39 is 11.4 Å². The summed E-state index contributed by atoms with van der Waals surface area (Å²) in [7, 11) is 1.62. The van der Waals surface area contributed by atoms with E-state index in [9.17, 15) is 9.90 Å². The van der Waals surface area contributed by atoms with Gasteiger partial charge in [-0.1, -0.05) is 12.1 Å². The van der Waals surface area contributed by atoms with Gasteiger partial charge < -0.3 is 9.84 Å². The van der Waals surface area contributed by atoms with Gasteiger partial charge in [-0.05, 0) is 43.4 Å². The molecule has 16 heavy (non-hydrogen) atoms. The summed E-state index contributed by atoms with van der Waals surface area (Å²) in [6, 6.07) is 3.86. The zero-order valence-corrected chi connectivity index (χ0v) is 9.83. The van der Waals surface area contributed by atoms with Crippen LogP contribution in [0.5, 0.6) is 5.75 Å². The van der Waals surface area contributed by atoms with Gasteiger partial charge in [-0.15, -0.1) is 0 Å². The van der Waals surface area contributed by atoms with Gasteiger partial charge in [-0.25, -0.2) is 0 Å². The second-order valence-electron chi connectivity index (χ2n) is 4.48. The maximum atomic E-state index is 11.3. The Hall–Kier alpha value is -1.51. The molecular weight excluding hydrogens is 204 g/mol. The van der Waals surface area contributed by atoms with Crippen LogP contribution in [0.15, 0.2) is 12.1 Å². The standard InChI is InChI=1S/C13H16O3/c1-8-4-5-10(9(2)11(8)16-3)13(6-7-13)12(14)15/h4-5H,6-7H2,1-3H3,(H,14,15). The predicted octanol–water partition coefficient (Wildman–Crippen LogP) is 2.43. The molecule has 1 aromatic rings. The molecule has 3 nitrogen and oxygen atoms in total. The molecule has 0 atom stereocenters. The number of hydrogen-bond donors (Lipinski definition) is 1. The summed E-state index contributed by atoms with van der Waals surface area (Å²) in [4.78, 5) is 11.3. The predicted molar refractivity (Wildman–Crippen MR) is 61.0 cm³/mol. The van der Waals surface area contributed by atoms with E-state index in [0.29, 0.717) is 0 Å². The van der Waals surface area contributed by atoms with Gasteiger partial charge in [0.05, 0.1) is 12.5 Å². The summed E-state index contributed by atoms with van der Waals surface area (Å²) in [5.74, 6) is 0.0894. The van der Waals surface area contributed by atoms with Gasteiger partial charge in [0, 0.05) is 0 Å². The molecule has 2 rings (SSSR count). The average molecular weight is 220 g/mol. The van der Waals surface area contributed by atoms with Crippen molar-refractivity contribution in [3.63, 3.8) is 0 Å². The number of ether oxygens (including phenoxy) is 1. The van der Waals surface area contributed by atoms with Crippen LogP contribution in [0, 0.1) is 13.8 Å². The van der Waals surface area contributed by atoms with Gasteiger partial charge in [0.2, 0.25) is 0 Å². The lowest BCUT2D eigenvalue weighted by Gasteiger charge is -2.17. The molecule has 1 aromatic carbocycles. The maximum absolute atomic E-state index is 11.3. The van der Waals surface area contributed by atoms with Crippen molar-refractivity contribution >= 4 is 5.97 Å². The summed E-state index contributed by atoms with van der Waals surface area (Å²) in [5.41, 5.74) is 2.26. The van der Waals surface area contributed by atoms with E-state index in [-0.39, 0.29) is 0 Å². The fraction of sp³-hybridized carbons (Fsp3) is 0.462. The van der Waals surface area contributed by atoms with Crippen LogP contribution in [-0.4, -0.2) is 18.2 Å². The first-order valence-electron chi connectivity index (χ1n) is 5.41. The molecule has 1 N–H and O–H groups in total. The SMILES string of the molecule is COc1c(C)ccc(C2(C(=O)O)CC2)c1C. The summed E-state index contributed by atoms with van der Waals surface area (Å²) in [5, 5.41) is 9.27.